The van der Waals surface area contributed by atoms with Crippen molar-refractivity contribution in [2.24, 2.45) is 0 Å². The smallest absolute Gasteiger partial charge is 0.261 e. The Kier molecular flexibility index (Phi) is 7.43. The Labute approximate surface area is 220 Å². The van der Waals surface area contributed by atoms with Crippen LogP contribution in [0.1, 0.15) is 28.9 Å². The molecule has 184 valence electrons. The average Bonchev–Trinajstić information content (AvgIpc) is 2.91. The van der Waals surface area contributed by atoms with E-state index < -0.39 is 0 Å². The predicted molar refractivity (Wildman–Crippen MR) is 149 cm³/mol. The van der Waals surface area contributed by atoms with Crippen LogP contribution in [0.3, 0.4) is 0 Å². The van der Waals surface area contributed by atoms with E-state index in [4.69, 9.17) is 16.6 Å². The van der Waals surface area contributed by atoms with Crippen molar-refractivity contribution in [1.29, 1.82) is 0 Å². The van der Waals surface area contributed by atoms with Gasteiger partial charge in [0.05, 0.1) is 17.4 Å². The maximum absolute atomic E-state index is 13.8. The van der Waals surface area contributed by atoms with Crippen molar-refractivity contribution < 1.29 is 4.79 Å². The van der Waals surface area contributed by atoms with E-state index in [1.807, 2.05) is 84.9 Å². The van der Waals surface area contributed by atoms with Gasteiger partial charge >= 0.3 is 0 Å². The van der Waals surface area contributed by atoms with E-state index in [1.54, 1.807) is 22.8 Å². The number of nitrogens with zero attached hydrogens (tertiary/aromatic N) is 2. The molecule has 0 radical (unpaired) electrons. The first-order chi connectivity index (χ1) is 18.0. The lowest BCUT2D eigenvalue weighted by molar-refractivity contribution is -0.116. The molecule has 1 heterocycles. The van der Waals surface area contributed by atoms with E-state index in [9.17, 15) is 9.59 Å². The van der Waals surface area contributed by atoms with E-state index in [0.29, 0.717) is 53.2 Å². The van der Waals surface area contributed by atoms with Crippen LogP contribution in [0.15, 0.2) is 108 Å². The van der Waals surface area contributed by atoms with Gasteiger partial charge in [-0.3, -0.25) is 14.2 Å². The fourth-order valence-electron chi connectivity index (χ4n) is 4.36. The molecule has 5 aromatic rings. The molecule has 0 saturated heterocycles. The lowest BCUT2D eigenvalue weighted by atomic mass is 10.1. The SMILES string of the molecule is O=C(CCc1ccccc1)Nc1ccc2nc(Cc3ccccc3)n(Cc3cccc(Cl)c3)c(=O)c2c1. The maximum Gasteiger partial charge on any atom is 0.261 e. The molecule has 1 amide bonds. The molecule has 0 aliphatic heterocycles. The molecular weight excluding hydrogens is 482 g/mol. The van der Waals surface area contributed by atoms with Crippen LogP contribution in [-0.2, 0) is 24.2 Å². The summed E-state index contributed by atoms with van der Waals surface area (Å²) in [7, 11) is 0. The fourth-order valence-corrected chi connectivity index (χ4v) is 4.58. The van der Waals surface area contributed by atoms with Gasteiger partial charge in [-0.05, 0) is 53.4 Å². The second kappa shape index (κ2) is 11.2. The zero-order valence-corrected chi connectivity index (χ0v) is 21.0. The van der Waals surface area contributed by atoms with Crippen LogP contribution in [0.4, 0.5) is 5.69 Å². The third-order valence-corrected chi connectivity index (χ3v) is 6.47. The maximum atomic E-state index is 13.8. The van der Waals surface area contributed by atoms with Crippen LogP contribution in [0.25, 0.3) is 10.9 Å². The van der Waals surface area contributed by atoms with Gasteiger partial charge in [0.15, 0.2) is 0 Å². The molecule has 0 aliphatic rings. The fraction of sp³-hybridized carbons (Fsp3) is 0.129. The Hall–Kier alpha value is -4.22. The number of amides is 1. The minimum atomic E-state index is -0.156. The van der Waals surface area contributed by atoms with Gasteiger partial charge in [0.25, 0.3) is 5.56 Å². The summed E-state index contributed by atoms with van der Waals surface area (Å²) in [5.74, 6) is 0.569. The zero-order valence-electron chi connectivity index (χ0n) is 20.2. The number of carbonyl (C=O) groups excluding carboxylic acids is 1. The summed E-state index contributed by atoms with van der Waals surface area (Å²) in [6.07, 6.45) is 1.52. The number of anilines is 1. The van der Waals surface area contributed by atoms with Gasteiger partial charge in [-0.1, -0.05) is 84.4 Å². The summed E-state index contributed by atoms with van der Waals surface area (Å²) < 4.78 is 1.70. The minimum absolute atomic E-state index is 0.101. The number of aryl methyl sites for hydroxylation is 1. The third kappa shape index (κ3) is 6.13. The first-order valence-corrected chi connectivity index (χ1v) is 12.6. The lowest BCUT2D eigenvalue weighted by Gasteiger charge is -2.15. The summed E-state index contributed by atoms with van der Waals surface area (Å²) in [6, 6.07) is 32.6. The van der Waals surface area contributed by atoms with Crippen molar-refractivity contribution in [1.82, 2.24) is 9.55 Å². The summed E-state index contributed by atoms with van der Waals surface area (Å²) in [5.41, 5.74) is 4.10. The molecule has 5 nitrogen and oxygen atoms in total. The van der Waals surface area contributed by atoms with E-state index in [0.717, 1.165) is 16.7 Å². The Balaban J connectivity index is 1.46. The van der Waals surface area contributed by atoms with Crippen molar-refractivity contribution in [2.45, 2.75) is 25.8 Å². The number of fused-ring (bicyclic) bond motifs is 1. The molecule has 0 spiro atoms. The highest BCUT2D eigenvalue weighted by Gasteiger charge is 2.14. The summed E-state index contributed by atoms with van der Waals surface area (Å²) in [6.45, 7) is 0.345. The average molecular weight is 508 g/mol. The van der Waals surface area contributed by atoms with Crippen molar-refractivity contribution >= 4 is 34.1 Å². The van der Waals surface area contributed by atoms with E-state index in [2.05, 4.69) is 5.32 Å². The van der Waals surface area contributed by atoms with E-state index >= 15 is 0 Å². The predicted octanol–water partition coefficient (Wildman–Crippen LogP) is 6.26. The van der Waals surface area contributed by atoms with Gasteiger partial charge in [0.2, 0.25) is 5.91 Å². The van der Waals surface area contributed by atoms with Crippen LogP contribution in [0.2, 0.25) is 5.02 Å². The van der Waals surface area contributed by atoms with E-state index in [1.165, 1.54) is 0 Å². The number of halogens is 1. The minimum Gasteiger partial charge on any atom is -0.326 e. The normalized spacial score (nSPS) is 10.9. The van der Waals surface area contributed by atoms with Crippen LogP contribution in [0.5, 0.6) is 0 Å². The van der Waals surface area contributed by atoms with E-state index in [-0.39, 0.29) is 11.5 Å². The van der Waals surface area contributed by atoms with Gasteiger partial charge in [-0.2, -0.15) is 0 Å². The molecule has 0 fully saturated rings. The number of nitrogens with one attached hydrogen (secondary N) is 1. The third-order valence-electron chi connectivity index (χ3n) is 6.24. The highest BCUT2D eigenvalue weighted by molar-refractivity contribution is 6.30. The van der Waals surface area contributed by atoms with Gasteiger partial charge in [0.1, 0.15) is 5.82 Å². The number of benzene rings is 4. The Morgan fingerprint density at radius 2 is 1.51 bits per heavy atom. The monoisotopic (exact) mass is 507 g/mol. The summed E-state index contributed by atoms with van der Waals surface area (Å²) >= 11 is 6.21. The van der Waals surface area contributed by atoms with Gasteiger partial charge in [-0.15, -0.1) is 0 Å². The van der Waals surface area contributed by atoms with Crippen LogP contribution < -0.4 is 10.9 Å². The van der Waals surface area contributed by atoms with Crippen molar-refractivity contribution in [2.75, 3.05) is 5.32 Å². The molecule has 0 saturated carbocycles. The molecule has 5 rings (SSSR count). The number of hydrogen-bond donors (Lipinski definition) is 1. The Morgan fingerprint density at radius 3 is 2.24 bits per heavy atom. The van der Waals surface area contributed by atoms with Crippen molar-refractivity contribution in [3.63, 3.8) is 0 Å². The highest BCUT2D eigenvalue weighted by atomic mass is 35.5. The highest BCUT2D eigenvalue weighted by Crippen LogP contribution is 2.19. The standard InChI is InChI=1S/C31H26ClN3O2/c32-25-13-7-12-24(18-25)21-35-29(19-23-10-5-2-6-11-23)34-28-16-15-26(20-27(28)31(35)37)33-30(36)17-14-22-8-3-1-4-9-22/h1-13,15-16,18,20H,14,17,19,21H2,(H,33,36). The quantitative estimate of drug-likeness (QED) is 0.269. The number of aromatic nitrogens is 2. The van der Waals surface area contributed by atoms with Gasteiger partial charge in [0, 0.05) is 23.6 Å². The molecule has 1 N–H and O–H groups in total. The molecule has 0 bridgehead atoms. The molecule has 37 heavy (non-hydrogen) atoms. The topological polar surface area (TPSA) is 64.0 Å². The molecule has 4 aromatic carbocycles. The summed E-state index contributed by atoms with van der Waals surface area (Å²) in [4.78, 5) is 31.2. The van der Waals surface area contributed by atoms with Crippen molar-refractivity contribution in [3.05, 3.63) is 141 Å². The number of hydrogen-bond acceptors (Lipinski definition) is 3. The zero-order chi connectivity index (χ0) is 25.6. The summed E-state index contributed by atoms with van der Waals surface area (Å²) in [5, 5.41) is 4.00. The number of carbonyl (C=O) groups is 1. The van der Waals surface area contributed by atoms with Crippen LogP contribution in [0, 0.1) is 0 Å². The molecule has 0 aliphatic carbocycles. The first-order valence-electron chi connectivity index (χ1n) is 12.2. The number of rotatable bonds is 8. The molecule has 0 unspecified atom stereocenters. The molecule has 6 heteroatoms. The van der Waals surface area contributed by atoms with Crippen LogP contribution in [-0.4, -0.2) is 15.5 Å². The second-order valence-electron chi connectivity index (χ2n) is 8.98. The first kappa shape index (κ1) is 24.5. The molecule has 1 aromatic heterocycles. The molecule has 0 atom stereocenters. The van der Waals surface area contributed by atoms with Crippen LogP contribution >= 0.6 is 11.6 Å². The largest absolute Gasteiger partial charge is 0.326 e. The lowest BCUT2D eigenvalue weighted by Crippen LogP contribution is -2.26. The van der Waals surface area contributed by atoms with Crippen molar-refractivity contribution in [3.8, 4) is 0 Å². The second-order valence-corrected chi connectivity index (χ2v) is 9.41. The Morgan fingerprint density at radius 1 is 0.811 bits per heavy atom. The van der Waals surface area contributed by atoms with Gasteiger partial charge < -0.3 is 5.32 Å². The van der Waals surface area contributed by atoms with Gasteiger partial charge in [-0.25, -0.2) is 4.98 Å². The molecular formula is C31H26ClN3O2. The Bertz CT molecular complexity index is 1600.